The van der Waals surface area contributed by atoms with Crippen molar-refractivity contribution in [3.63, 3.8) is 0 Å². The third-order valence-electron chi connectivity index (χ3n) is 4.08. The van der Waals surface area contributed by atoms with Crippen LogP contribution in [0.1, 0.15) is 16.7 Å². The SMILES string of the molecule is COc1cc(/C=N\NCc2ccccc2Cl)cc(Cl)c1OCc1ccc(Cl)cc1. The molecule has 29 heavy (non-hydrogen) atoms. The van der Waals surface area contributed by atoms with Gasteiger partial charge in [-0.05, 0) is 47.0 Å². The molecule has 0 saturated carbocycles. The topological polar surface area (TPSA) is 42.8 Å². The zero-order valence-corrected chi connectivity index (χ0v) is 17.9. The summed E-state index contributed by atoms with van der Waals surface area (Å²) in [5.41, 5.74) is 5.69. The van der Waals surface area contributed by atoms with E-state index < -0.39 is 0 Å². The fourth-order valence-corrected chi connectivity index (χ4v) is 3.19. The van der Waals surface area contributed by atoms with Gasteiger partial charge in [-0.2, -0.15) is 5.10 Å². The van der Waals surface area contributed by atoms with Gasteiger partial charge < -0.3 is 14.9 Å². The number of halogens is 3. The first-order valence-electron chi connectivity index (χ1n) is 8.81. The lowest BCUT2D eigenvalue weighted by atomic mass is 10.2. The zero-order chi connectivity index (χ0) is 20.6. The molecule has 0 bridgehead atoms. The number of hydrazone groups is 1. The van der Waals surface area contributed by atoms with E-state index >= 15 is 0 Å². The smallest absolute Gasteiger partial charge is 0.180 e. The summed E-state index contributed by atoms with van der Waals surface area (Å²) < 4.78 is 11.3. The summed E-state index contributed by atoms with van der Waals surface area (Å²) in [6, 6.07) is 18.6. The highest BCUT2D eigenvalue weighted by molar-refractivity contribution is 6.32. The molecule has 0 aromatic heterocycles. The van der Waals surface area contributed by atoms with Crippen molar-refractivity contribution in [2.45, 2.75) is 13.2 Å². The van der Waals surface area contributed by atoms with Crippen molar-refractivity contribution in [2.75, 3.05) is 7.11 Å². The van der Waals surface area contributed by atoms with Gasteiger partial charge in [-0.25, -0.2) is 0 Å². The minimum atomic E-state index is 0.347. The first-order chi connectivity index (χ1) is 14.1. The molecular formula is C22H19Cl3N2O2. The van der Waals surface area contributed by atoms with Crippen LogP contribution < -0.4 is 14.9 Å². The molecule has 0 radical (unpaired) electrons. The fourth-order valence-electron chi connectivity index (χ4n) is 2.58. The van der Waals surface area contributed by atoms with Crippen molar-refractivity contribution in [2.24, 2.45) is 5.10 Å². The van der Waals surface area contributed by atoms with Crippen LogP contribution in [0.5, 0.6) is 11.5 Å². The molecule has 7 heteroatoms. The molecule has 0 heterocycles. The summed E-state index contributed by atoms with van der Waals surface area (Å²) >= 11 is 18.4. The Balaban J connectivity index is 1.65. The summed E-state index contributed by atoms with van der Waals surface area (Å²) in [5, 5.41) is 6.03. The van der Waals surface area contributed by atoms with Gasteiger partial charge >= 0.3 is 0 Å². The molecule has 0 aliphatic rings. The van der Waals surface area contributed by atoms with Crippen molar-refractivity contribution in [1.29, 1.82) is 0 Å². The Kier molecular flexibility index (Phi) is 7.64. The van der Waals surface area contributed by atoms with Crippen molar-refractivity contribution < 1.29 is 9.47 Å². The molecule has 3 rings (SSSR count). The maximum Gasteiger partial charge on any atom is 0.180 e. The van der Waals surface area contributed by atoms with E-state index in [1.807, 2.05) is 54.6 Å². The monoisotopic (exact) mass is 448 g/mol. The quantitative estimate of drug-likeness (QED) is 0.321. The van der Waals surface area contributed by atoms with Crippen LogP contribution >= 0.6 is 34.8 Å². The van der Waals surface area contributed by atoms with Gasteiger partial charge in [-0.3, -0.25) is 0 Å². The van der Waals surface area contributed by atoms with Gasteiger partial charge in [-0.1, -0.05) is 65.1 Å². The standard InChI is InChI=1S/C22H19Cl3N2O2/c1-28-21-11-16(12-26-27-13-17-4-2-3-5-19(17)24)10-20(25)22(21)29-14-15-6-8-18(23)9-7-15/h2-12,27H,13-14H2,1H3/b26-12-. The Morgan fingerprint density at radius 3 is 2.45 bits per heavy atom. The van der Waals surface area contributed by atoms with Crippen molar-refractivity contribution in [3.8, 4) is 11.5 Å². The van der Waals surface area contributed by atoms with Gasteiger partial charge in [0.2, 0.25) is 0 Å². The Labute approximate surface area is 185 Å². The number of benzene rings is 3. The molecule has 0 amide bonds. The number of nitrogens with one attached hydrogen (secondary N) is 1. The van der Waals surface area contributed by atoms with Gasteiger partial charge in [0.1, 0.15) is 6.61 Å². The van der Waals surface area contributed by atoms with Gasteiger partial charge in [0.15, 0.2) is 11.5 Å². The normalized spacial score (nSPS) is 10.9. The van der Waals surface area contributed by atoms with E-state index in [2.05, 4.69) is 10.5 Å². The Morgan fingerprint density at radius 1 is 0.966 bits per heavy atom. The lowest BCUT2D eigenvalue weighted by Gasteiger charge is -2.13. The number of ether oxygens (including phenoxy) is 2. The molecule has 0 atom stereocenters. The van der Waals surface area contributed by atoms with Crippen LogP contribution in [0.2, 0.25) is 15.1 Å². The molecular weight excluding hydrogens is 431 g/mol. The van der Waals surface area contributed by atoms with Crippen LogP contribution in [-0.2, 0) is 13.2 Å². The second kappa shape index (κ2) is 10.4. The average molecular weight is 450 g/mol. The number of hydrogen-bond acceptors (Lipinski definition) is 4. The van der Waals surface area contributed by atoms with E-state index in [9.17, 15) is 0 Å². The molecule has 0 fully saturated rings. The summed E-state index contributed by atoms with van der Waals surface area (Å²) in [7, 11) is 1.57. The summed E-state index contributed by atoms with van der Waals surface area (Å²) in [6.07, 6.45) is 1.66. The largest absolute Gasteiger partial charge is 0.493 e. The van der Waals surface area contributed by atoms with Crippen molar-refractivity contribution in [3.05, 3.63) is 92.4 Å². The van der Waals surface area contributed by atoms with Crippen molar-refractivity contribution >= 4 is 41.0 Å². The molecule has 1 N–H and O–H groups in total. The zero-order valence-electron chi connectivity index (χ0n) is 15.7. The van der Waals surface area contributed by atoms with Crippen LogP contribution in [0.4, 0.5) is 0 Å². The lowest BCUT2D eigenvalue weighted by Crippen LogP contribution is -2.06. The summed E-state index contributed by atoms with van der Waals surface area (Å²) in [5.74, 6) is 1.00. The number of methoxy groups -OCH3 is 1. The van der Waals surface area contributed by atoms with E-state index in [1.165, 1.54) is 0 Å². The Bertz CT molecular complexity index is 992. The van der Waals surface area contributed by atoms with Crippen LogP contribution in [0.25, 0.3) is 0 Å². The van der Waals surface area contributed by atoms with Gasteiger partial charge in [0.25, 0.3) is 0 Å². The van der Waals surface area contributed by atoms with E-state index in [0.29, 0.717) is 39.7 Å². The van der Waals surface area contributed by atoms with Gasteiger partial charge in [0, 0.05) is 10.0 Å². The van der Waals surface area contributed by atoms with Gasteiger partial charge in [-0.15, -0.1) is 0 Å². The molecule has 3 aromatic rings. The average Bonchev–Trinajstić information content (AvgIpc) is 2.72. The lowest BCUT2D eigenvalue weighted by molar-refractivity contribution is 0.284. The predicted molar refractivity (Wildman–Crippen MR) is 120 cm³/mol. The Hall–Kier alpha value is -2.40. The van der Waals surface area contributed by atoms with E-state index in [0.717, 1.165) is 16.7 Å². The van der Waals surface area contributed by atoms with Crippen LogP contribution in [0.3, 0.4) is 0 Å². The molecule has 0 spiro atoms. The third-order valence-corrected chi connectivity index (χ3v) is 4.98. The number of hydrogen-bond donors (Lipinski definition) is 1. The molecule has 3 aromatic carbocycles. The molecule has 0 aliphatic carbocycles. The molecule has 0 unspecified atom stereocenters. The maximum absolute atomic E-state index is 6.41. The first kappa shape index (κ1) is 21.3. The Morgan fingerprint density at radius 2 is 1.72 bits per heavy atom. The molecule has 0 saturated heterocycles. The maximum atomic E-state index is 6.41. The van der Waals surface area contributed by atoms with Crippen molar-refractivity contribution in [1.82, 2.24) is 5.43 Å². The highest BCUT2D eigenvalue weighted by atomic mass is 35.5. The van der Waals surface area contributed by atoms with Crippen LogP contribution in [0, 0.1) is 0 Å². The molecule has 4 nitrogen and oxygen atoms in total. The van der Waals surface area contributed by atoms with Crippen LogP contribution in [0.15, 0.2) is 65.8 Å². The fraction of sp³-hybridized carbons (Fsp3) is 0.136. The molecule has 0 aliphatic heterocycles. The molecule has 150 valence electrons. The van der Waals surface area contributed by atoms with Gasteiger partial charge in [0.05, 0.1) is 24.9 Å². The first-order valence-corrected chi connectivity index (χ1v) is 9.94. The van der Waals surface area contributed by atoms with Crippen LogP contribution in [-0.4, -0.2) is 13.3 Å². The second-order valence-electron chi connectivity index (χ2n) is 6.13. The number of rotatable bonds is 8. The highest BCUT2D eigenvalue weighted by Gasteiger charge is 2.12. The summed E-state index contributed by atoms with van der Waals surface area (Å²) in [4.78, 5) is 0. The minimum absolute atomic E-state index is 0.347. The van der Waals surface area contributed by atoms with E-state index in [4.69, 9.17) is 44.3 Å². The summed E-state index contributed by atoms with van der Waals surface area (Å²) in [6.45, 7) is 0.864. The highest BCUT2D eigenvalue weighted by Crippen LogP contribution is 2.36. The second-order valence-corrected chi connectivity index (χ2v) is 7.38. The minimum Gasteiger partial charge on any atom is -0.493 e. The van der Waals surface area contributed by atoms with E-state index in [1.54, 1.807) is 19.4 Å². The van der Waals surface area contributed by atoms with E-state index in [-0.39, 0.29) is 0 Å². The third kappa shape index (κ3) is 6.04. The number of nitrogens with zero attached hydrogens (tertiary/aromatic N) is 1. The predicted octanol–water partition coefficient (Wildman–Crippen LogP) is 6.36.